The summed E-state index contributed by atoms with van der Waals surface area (Å²) in [5.74, 6) is -0.412. The van der Waals surface area contributed by atoms with Gasteiger partial charge in [0.1, 0.15) is 6.04 Å². The molecule has 4 nitrogen and oxygen atoms in total. The summed E-state index contributed by atoms with van der Waals surface area (Å²) in [5.41, 5.74) is 2.14. The van der Waals surface area contributed by atoms with Crippen molar-refractivity contribution in [1.82, 2.24) is 5.32 Å². The lowest BCUT2D eigenvalue weighted by molar-refractivity contribution is -0.143. The van der Waals surface area contributed by atoms with Crippen molar-refractivity contribution in [3.63, 3.8) is 0 Å². The lowest BCUT2D eigenvalue weighted by Gasteiger charge is -2.18. The SMILES string of the molecule is COC(=O)[C@H](NCc1cccc(C#N)c1)c1ccccc1Cl. The van der Waals surface area contributed by atoms with E-state index in [0.29, 0.717) is 22.7 Å². The highest BCUT2D eigenvalue weighted by Crippen LogP contribution is 2.24. The van der Waals surface area contributed by atoms with Gasteiger partial charge in [0.15, 0.2) is 0 Å². The van der Waals surface area contributed by atoms with E-state index in [9.17, 15) is 4.79 Å². The van der Waals surface area contributed by atoms with Crippen LogP contribution in [0.25, 0.3) is 0 Å². The number of hydrogen-bond acceptors (Lipinski definition) is 4. The molecule has 0 amide bonds. The molecule has 0 spiro atoms. The molecule has 0 aliphatic carbocycles. The number of halogens is 1. The van der Waals surface area contributed by atoms with Crippen LogP contribution in [0.2, 0.25) is 5.02 Å². The molecule has 1 N–H and O–H groups in total. The van der Waals surface area contributed by atoms with Crippen LogP contribution in [-0.2, 0) is 16.1 Å². The molecule has 0 aromatic heterocycles. The van der Waals surface area contributed by atoms with E-state index >= 15 is 0 Å². The van der Waals surface area contributed by atoms with Gasteiger partial charge in [-0.1, -0.05) is 41.9 Å². The molecular weight excluding hydrogens is 300 g/mol. The largest absolute Gasteiger partial charge is 0.468 e. The maximum absolute atomic E-state index is 12.0. The molecule has 22 heavy (non-hydrogen) atoms. The average molecular weight is 315 g/mol. The monoisotopic (exact) mass is 314 g/mol. The quantitative estimate of drug-likeness (QED) is 0.861. The number of nitrogens with one attached hydrogen (secondary N) is 1. The first-order chi connectivity index (χ1) is 10.7. The van der Waals surface area contributed by atoms with E-state index in [4.69, 9.17) is 21.6 Å². The number of nitrogens with zero attached hydrogens (tertiary/aromatic N) is 1. The predicted octanol–water partition coefficient (Wildman–Crippen LogP) is 3.22. The number of esters is 1. The fourth-order valence-electron chi connectivity index (χ4n) is 2.12. The zero-order chi connectivity index (χ0) is 15.9. The highest BCUT2D eigenvalue weighted by molar-refractivity contribution is 6.31. The van der Waals surface area contributed by atoms with Crippen LogP contribution in [0.15, 0.2) is 48.5 Å². The van der Waals surface area contributed by atoms with Crippen LogP contribution in [0.1, 0.15) is 22.7 Å². The van der Waals surface area contributed by atoms with Gasteiger partial charge in [-0.15, -0.1) is 0 Å². The molecule has 0 aliphatic heterocycles. The summed E-state index contributed by atoms with van der Waals surface area (Å²) < 4.78 is 4.84. The highest BCUT2D eigenvalue weighted by Gasteiger charge is 2.22. The third-order valence-electron chi connectivity index (χ3n) is 3.22. The topological polar surface area (TPSA) is 62.1 Å². The van der Waals surface area contributed by atoms with Crippen molar-refractivity contribution in [1.29, 1.82) is 5.26 Å². The Morgan fingerprint density at radius 3 is 2.77 bits per heavy atom. The number of benzene rings is 2. The summed E-state index contributed by atoms with van der Waals surface area (Å²) in [6.07, 6.45) is 0. The minimum Gasteiger partial charge on any atom is -0.468 e. The molecule has 0 fully saturated rings. The third kappa shape index (κ3) is 3.85. The van der Waals surface area contributed by atoms with Crippen molar-refractivity contribution in [3.05, 3.63) is 70.2 Å². The molecule has 0 aliphatic rings. The summed E-state index contributed by atoms with van der Waals surface area (Å²) in [4.78, 5) is 12.0. The molecule has 112 valence electrons. The summed E-state index contributed by atoms with van der Waals surface area (Å²) >= 11 is 6.16. The van der Waals surface area contributed by atoms with E-state index in [1.807, 2.05) is 12.1 Å². The molecule has 0 radical (unpaired) electrons. The Morgan fingerprint density at radius 1 is 1.32 bits per heavy atom. The summed E-state index contributed by atoms with van der Waals surface area (Å²) in [5, 5.41) is 12.5. The molecule has 2 aromatic carbocycles. The van der Waals surface area contributed by atoms with Gasteiger partial charge >= 0.3 is 5.97 Å². The molecule has 0 bridgehead atoms. The number of carbonyl (C=O) groups is 1. The van der Waals surface area contributed by atoms with Gasteiger partial charge in [-0.3, -0.25) is 5.32 Å². The second kappa shape index (κ2) is 7.60. The fraction of sp³-hybridized carbons (Fsp3) is 0.176. The van der Waals surface area contributed by atoms with Crippen LogP contribution in [0.5, 0.6) is 0 Å². The predicted molar refractivity (Wildman–Crippen MR) is 84.2 cm³/mol. The lowest BCUT2D eigenvalue weighted by Crippen LogP contribution is -2.29. The van der Waals surface area contributed by atoms with Gasteiger partial charge in [0.2, 0.25) is 0 Å². The standard InChI is InChI=1S/C17H15ClN2O2/c1-22-17(21)16(14-7-2-3-8-15(14)18)20-11-13-6-4-5-12(9-13)10-19/h2-9,16,20H,11H2,1H3/t16-/m1/s1. The van der Waals surface area contributed by atoms with E-state index in [0.717, 1.165) is 5.56 Å². The summed E-state index contributed by atoms with van der Waals surface area (Å²) in [6.45, 7) is 0.417. The molecule has 1 atom stereocenters. The first-order valence-corrected chi connectivity index (χ1v) is 7.08. The average Bonchev–Trinajstić information content (AvgIpc) is 2.56. The molecule has 5 heteroatoms. The van der Waals surface area contributed by atoms with Crippen molar-refractivity contribution in [2.45, 2.75) is 12.6 Å². The molecule has 0 heterocycles. The van der Waals surface area contributed by atoms with Crippen LogP contribution >= 0.6 is 11.6 Å². The van der Waals surface area contributed by atoms with Crippen molar-refractivity contribution < 1.29 is 9.53 Å². The Kier molecular flexibility index (Phi) is 5.54. The zero-order valence-electron chi connectivity index (χ0n) is 12.0. The first-order valence-electron chi connectivity index (χ1n) is 6.70. The highest BCUT2D eigenvalue weighted by atomic mass is 35.5. The van der Waals surface area contributed by atoms with Crippen molar-refractivity contribution in [2.75, 3.05) is 7.11 Å². The van der Waals surface area contributed by atoms with Crippen molar-refractivity contribution >= 4 is 17.6 Å². The van der Waals surface area contributed by atoms with Crippen LogP contribution in [-0.4, -0.2) is 13.1 Å². The molecule has 2 aromatic rings. The maximum atomic E-state index is 12.0. The van der Waals surface area contributed by atoms with Crippen LogP contribution in [0.3, 0.4) is 0 Å². The number of methoxy groups -OCH3 is 1. The van der Waals surface area contributed by atoms with Gasteiger partial charge in [-0.2, -0.15) is 5.26 Å². The van der Waals surface area contributed by atoms with Gasteiger partial charge in [-0.05, 0) is 29.3 Å². The molecular formula is C17H15ClN2O2. The van der Waals surface area contributed by atoms with E-state index in [1.165, 1.54) is 7.11 Å². The van der Waals surface area contributed by atoms with Gasteiger partial charge in [0.05, 0.1) is 18.7 Å². The second-order valence-corrected chi connectivity index (χ2v) is 5.08. The maximum Gasteiger partial charge on any atom is 0.327 e. The lowest BCUT2D eigenvalue weighted by atomic mass is 10.1. The van der Waals surface area contributed by atoms with Crippen molar-refractivity contribution in [2.24, 2.45) is 0 Å². The number of rotatable bonds is 5. The van der Waals surface area contributed by atoms with Gasteiger partial charge in [0.25, 0.3) is 0 Å². The van der Waals surface area contributed by atoms with E-state index in [-0.39, 0.29) is 0 Å². The van der Waals surface area contributed by atoms with Gasteiger partial charge < -0.3 is 4.74 Å². The molecule has 0 saturated heterocycles. The van der Waals surface area contributed by atoms with Gasteiger partial charge in [-0.25, -0.2) is 4.79 Å². The first kappa shape index (κ1) is 16.0. The van der Waals surface area contributed by atoms with E-state index in [1.54, 1.807) is 36.4 Å². The Balaban J connectivity index is 2.19. The Labute approximate surface area is 134 Å². The number of ether oxygens (including phenoxy) is 1. The third-order valence-corrected chi connectivity index (χ3v) is 3.56. The van der Waals surface area contributed by atoms with Crippen molar-refractivity contribution in [3.8, 4) is 6.07 Å². The zero-order valence-corrected chi connectivity index (χ0v) is 12.8. The number of nitriles is 1. The summed E-state index contributed by atoms with van der Waals surface area (Å²) in [6, 6.07) is 15.7. The minimum absolute atomic E-state index is 0.412. The minimum atomic E-state index is -0.663. The Morgan fingerprint density at radius 2 is 2.09 bits per heavy atom. The van der Waals surface area contributed by atoms with Crippen LogP contribution < -0.4 is 5.32 Å². The Hall–Kier alpha value is -2.35. The van der Waals surface area contributed by atoms with Crippen LogP contribution in [0.4, 0.5) is 0 Å². The number of carbonyl (C=O) groups excluding carboxylic acids is 1. The normalized spacial score (nSPS) is 11.5. The second-order valence-electron chi connectivity index (χ2n) is 4.67. The molecule has 2 rings (SSSR count). The Bertz CT molecular complexity index is 710. The smallest absolute Gasteiger partial charge is 0.327 e. The fourth-order valence-corrected chi connectivity index (χ4v) is 2.36. The number of hydrogen-bond donors (Lipinski definition) is 1. The van der Waals surface area contributed by atoms with E-state index < -0.39 is 12.0 Å². The molecule has 0 unspecified atom stereocenters. The van der Waals surface area contributed by atoms with Crippen LogP contribution in [0, 0.1) is 11.3 Å². The van der Waals surface area contributed by atoms with E-state index in [2.05, 4.69) is 11.4 Å². The molecule has 0 saturated carbocycles. The summed E-state index contributed by atoms with van der Waals surface area (Å²) in [7, 11) is 1.34. The van der Waals surface area contributed by atoms with Gasteiger partial charge in [0, 0.05) is 11.6 Å².